The van der Waals surface area contributed by atoms with Crippen LogP contribution in [0, 0.1) is 0 Å². The highest BCUT2D eigenvalue weighted by Gasteiger charge is 2.36. The summed E-state index contributed by atoms with van der Waals surface area (Å²) in [4.78, 5) is 14.0. The molecule has 7 heteroatoms. The maximum absolute atomic E-state index is 12.5. The van der Waals surface area contributed by atoms with Gasteiger partial charge < -0.3 is 30.4 Å². The van der Waals surface area contributed by atoms with E-state index in [9.17, 15) is 25.2 Å². The molecule has 0 radical (unpaired) electrons. The summed E-state index contributed by atoms with van der Waals surface area (Å²) in [6, 6.07) is 0. The fourth-order valence-electron chi connectivity index (χ4n) is 2.65. The van der Waals surface area contributed by atoms with Crippen LogP contribution in [0.3, 0.4) is 0 Å². The zero-order valence-corrected chi connectivity index (χ0v) is 15.7. The van der Waals surface area contributed by atoms with E-state index in [0.717, 1.165) is 51.4 Å². The average molecular weight is 363 g/mol. The quantitative estimate of drug-likeness (QED) is 0.269. The third-order valence-corrected chi connectivity index (χ3v) is 4.38. The third kappa shape index (κ3) is 9.51. The van der Waals surface area contributed by atoms with Crippen molar-refractivity contribution in [3.8, 4) is 0 Å². The fraction of sp³-hybridized carbons (Fsp3) is 0.944. The lowest BCUT2D eigenvalue weighted by molar-refractivity contribution is -0.158. The van der Waals surface area contributed by atoms with E-state index in [1.807, 2.05) is 0 Å². The van der Waals surface area contributed by atoms with Gasteiger partial charge in [0.15, 0.2) is 6.10 Å². The predicted octanol–water partition coefficient (Wildman–Crippen LogP) is 0.412. The molecule has 0 spiro atoms. The summed E-state index contributed by atoms with van der Waals surface area (Å²) >= 11 is 0. The second-order valence-electron chi connectivity index (χ2n) is 6.62. The second kappa shape index (κ2) is 14.4. The van der Waals surface area contributed by atoms with E-state index in [-0.39, 0.29) is 0 Å². The van der Waals surface area contributed by atoms with Gasteiger partial charge in [-0.1, -0.05) is 52.4 Å². The van der Waals surface area contributed by atoms with Gasteiger partial charge in [-0.25, -0.2) is 0 Å². The highest BCUT2D eigenvalue weighted by atomic mass is 16.4. The standard InChI is InChI=1S/C18H37NO6/c1-3-5-7-9-11-19(12-10-8-6-4-2)18(25)17(24)16(23)15(22)14(21)13-20/h14-17,20-24H,3-13H2,1-2H3. The van der Waals surface area contributed by atoms with Crippen molar-refractivity contribution >= 4 is 5.91 Å². The van der Waals surface area contributed by atoms with E-state index in [1.165, 1.54) is 4.90 Å². The van der Waals surface area contributed by atoms with Crippen LogP contribution in [-0.4, -0.2) is 80.5 Å². The van der Waals surface area contributed by atoms with E-state index in [4.69, 9.17) is 5.11 Å². The summed E-state index contributed by atoms with van der Waals surface area (Å²) in [5, 5.41) is 47.9. The second-order valence-corrected chi connectivity index (χ2v) is 6.62. The van der Waals surface area contributed by atoms with Gasteiger partial charge in [0.1, 0.15) is 18.3 Å². The normalized spacial score (nSPS) is 16.3. The van der Waals surface area contributed by atoms with Gasteiger partial charge in [-0.2, -0.15) is 0 Å². The molecule has 0 aliphatic rings. The van der Waals surface area contributed by atoms with Crippen molar-refractivity contribution in [1.82, 2.24) is 4.90 Å². The summed E-state index contributed by atoms with van der Waals surface area (Å²) in [5.41, 5.74) is 0. The fourth-order valence-corrected chi connectivity index (χ4v) is 2.65. The summed E-state index contributed by atoms with van der Waals surface area (Å²) in [5.74, 6) is -0.648. The number of hydrogen-bond donors (Lipinski definition) is 5. The van der Waals surface area contributed by atoms with Crippen molar-refractivity contribution in [2.45, 2.75) is 89.6 Å². The molecule has 0 aromatic heterocycles. The van der Waals surface area contributed by atoms with Crippen LogP contribution in [0.25, 0.3) is 0 Å². The lowest BCUT2D eigenvalue weighted by Gasteiger charge is -2.30. The number of nitrogens with zero attached hydrogens (tertiary/aromatic N) is 1. The molecule has 0 rings (SSSR count). The van der Waals surface area contributed by atoms with Crippen LogP contribution in [0.2, 0.25) is 0 Å². The maximum Gasteiger partial charge on any atom is 0.254 e. The molecular weight excluding hydrogens is 326 g/mol. The Kier molecular flexibility index (Phi) is 14.0. The van der Waals surface area contributed by atoms with Gasteiger partial charge in [-0.05, 0) is 12.8 Å². The van der Waals surface area contributed by atoms with Gasteiger partial charge in [0.2, 0.25) is 0 Å². The maximum atomic E-state index is 12.5. The minimum Gasteiger partial charge on any atom is -0.394 e. The van der Waals surface area contributed by atoms with Crippen molar-refractivity contribution in [3.05, 3.63) is 0 Å². The number of unbranched alkanes of at least 4 members (excludes halogenated alkanes) is 6. The minimum absolute atomic E-state index is 0.493. The number of amides is 1. The lowest BCUT2D eigenvalue weighted by atomic mass is 10.0. The predicted molar refractivity (Wildman–Crippen MR) is 96.0 cm³/mol. The zero-order valence-electron chi connectivity index (χ0n) is 15.7. The van der Waals surface area contributed by atoms with Gasteiger partial charge in [0.05, 0.1) is 6.61 Å². The Morgan fingerprint density at radius 2 is 1.28 bits per heavy atom. The molecule has 0 aromatic carbocycles. The number of carbonyl (C=O) groups excluding carboxylic acids is 1. The number of aliphatic hydroxyl groups is 5. The zero-order chi connectivity index (χ0) is 19.2. The first-order valence-corrected chi connectivity index (χ1v) is 9.52. The highest BCUT2D eigenvalue weighted by Crippen LogP contribution is 2.11. The van der Waals surface area contributed by atoms with Gasteiger partial charge in [0.25, 0.3) is 5.91 Å². The van der Waals surface area contributed by atoms with Crippen molar-refractivity contribution < 1.29 is 30.3 Å². The van der Waals surface area contributed by atoms with E-state index in [1.54, 1.807) is 0 Å². The Bertz CT molecular complexity index is 330. The lowest BCUT2D eigenvalue weighted by Crippen LogP contribution is -2.53. The van der Waals surface area contributed by atoms with Crippen LogP contribution in [0.4, 0.5) is 0 Å². The number of rotatable bonds is 15. The molecule has 4 unspecified atom stereocenters. The van der Waals surface area contributed by atoms with E-state index in [0.29, 0.717) is 13.1 Å². The monoisotopic (exact) mass is 363 g/mol. The molecule has 5 N–H and O–H groups in total. The smallest absolute Gasteiger partial charge is 0.254 e. The Labute approximate surface area is 151 Å². The summed E-state index contributed by atoms with van der Waals surface area (Å²) in [7, 11) is 0. The van der Waals surface area contributed by atoms with Crippen molar-refractivity contribution in [2.75, 3.05) is 19.7 Å². The molecule has 0 fully saturated rings. The largest absolute Gasteiger partial charge is 0.394 e. The Morgan fingerprint density at radius 1 is 0.800 bits per heavy atom. The molecule has 0 heterocycles. The van der Waals surface area contributed by atoms with Crippen LogP contribution in [-0.2, 0) is 4.79 Å². The van der Waals surface area contributed by atoms with Crippen LogP contribution >= 0.6 is 0 Å². The third-order valence-electron chi connectivity index (χ3n) is 4.38. The molecule has 0 aromatic rings. The van der Waals surface area contributed by atoms with E-state index in [2.05, 4.69) is 13.8 Å². The number of aliphatic hydroxyl groups excluding tert-OH is 5. The summed E-state index contributed by atoms with van der Waals surface area (Å²) in [6.07, 6.45) is 0.848. The molecule has 25 heavy (non-hydrogen) atoms. The molecule has 150 valence electrons. The molecule has 0 aliphatic heterocycles. The molecule has 4 atom stereocenters. The summed E-state index contributed by atoms with van der Waals surface area (Å²) < 4.78 is 0. The van der Waals surface area contributed by atoms with Crippen molar-refractivity contribution in [2.24, 2.45) is 0 Å². The van der Waals surface area contributed by atoms with Gasteiger partial charge in [-0.3, -0.25) is 4.79 Å². The molecule has 1 amide bonds. The first-order chi connectivity index (χ1) is 11.9. The highest BCUT2D eigenvalue weighted by molar-refractivity contribution is 5.81. The van der Waals surface area contributed by atoms with E-state index < -0.39 is 36.9 Å². The first-order valence-electron chi connectivity index (χ1n) is 9.52. The van der Waals surface area contributed by atoms with Crippen molar-refractivity contribution in [1.29, 1.82) is 0 Å². The van der Waals surface area contributed by atoms with E-state index >= 15 is 0 Å². The van der Waals surface area contributed by atoms with Crippen molar-refractivity contribution in [3.63, 3.8) is 0 Å². The Morgan fingerprint density at radius 3 is 1.68 bits per heavy atom. The Hall–Kier alpha value is -0.730. The van der Waals surface area contributed by atoms with Crippen LogP contribution in [0.1, 0.15) is 65.2 Å². The first kappa shape index (κ1) is 24.3. The minimum atomic E-state index is -1.84. The van der Waals surface area contributed by atoms with Gasteiger partial charge in [0, 0.05) is 13.1 Å². The molecule has 0 saturated carbocycles. The molecule has 0 aliphatic carbocycles. The molecular formula is C18H37NO6. The van der Waals surface area contributed by atoms with Crippen LogP contribution in [0.15, 0.2) is 0 Å². The molecule has 0 saturated heterocycles. The SMILES string of the molecule is CCCCCCN(CCCCCC)C(=O)C(O)C(O)C(O)C(O)CO. The van der Waals surface area contributed by atoms with Crippen LogP contribution < -0.4 is 0 Å². The van der Waals surface area contributed by atoms with Gasteiger partial charge in [-0.15, -0.1) is 0 Å². The topological polar surface area (TPSA) is 121 Å². The molecule has 7 nitrogen and oxygen atoms in total. The number of carbonyl (C=O) groups is 1. The number of hydrogen-bond acceptors (Lipinski definition) is 6. The van der Waals surface area contributed by atoms with Crippen LogP contribution in [0.5, 0.6) is 0 Å². The summed E-state index contributed by atoms with van der Waals surface area (Å²) in [6.45, 7) is 4.42. The van der Waals surface area contributed by atoms with Gasteiger partial charge >= 0.3 is 0 Å². The Balaban J connectivity index is 4.72. The molecule has 0 bridgehead atoms. The average Bonchev–Trinajstić information content (AvgIpc) is 2.63.